The van der Waals surface area contributed by atoms with Crippen LogP contribution in [0.25, 0.3) is 0 Å². The summed E-state index contributed by atoms with van der Waals surface area (Å²) in [7, 11) is 0. The van der Waals surface area contributed by atoms with Gasteiger partial charge in [-0.3, -0.25) is 4.79 Å². The second-order valence-electron chi connectivity index (χ2n) is 3.13. The van der Waals surface area contributed by atoms with Crippen molar-refractivity contribution in [3.05, 3.63) is 22.7 Å². The van der Waals surface area contributed by atoms with Gasteiger partial charge in [0.1, 0.15) is 0 Å². The van der Waals surface area contributed by atoms with Crippen molar-refractivity contribution in [1.29, 1.82) is 0 Å². The highest BCUT2D eigenvalue weighted by molar-refractivity contribution is 6.32. The van der Waals surface area contributed by atoms with Crippen LogP contribution < -0.4 is 15.3 Å². The van der Waals surface area contributed by atoms with E-state index in [2.05, 4.69) is 5.10 Å². The summed E-state index contributed by atoms with van der Waals surface area (Å²) in [6.45, 7) is 3.53. The summed E-state index contributed by atoms with van der Waals surface area (Å²) < 4.78 is 10.3. The second-order valence-corrected chi connectivity index (χ2v) is 3.54. The van der Waals surface area contributed by atoms with Gasteiger partial charge in [-0.15, -0.1) is 0 Å². The average molecular weight is 257 g/mol. The minimum Gasteiger partial charge on any atom is -0.490 e. The predicted molar refractivity (Wildman–Crippen MR) is 65.7 cm³/mol. The second kappa shape index (κ2) is 6.10. The number of hydrogen-bond acceptors (Lipinski definition) is 5. The maximum absolute atomic E-state index is 10.9. The molecule has 1 aromatic rings. The van der Waals surface area contributed by atoms with E-state index in [1.807, 2.05) is 6.92 Å². The van der Waals surface area contributed by atoms with Gasteiger partial charge in [-0.2, -0.15) is 5.10 Å². The van der Waals surface area contributed by atoms with E-state index in [1.54, 1.807) is 12.1 Å². The van der Waals surface area contributed by atoms with Crippen LogP contribution in [-0.4, -0.2) is 18.8 Å². The van der Waals surface area contributed by atoms with Crippen LogP contribution in [0.4, 0.5) is 0 Å². The zero-order chi connectivity index (χ0) is 12.8. The largest absolute Gasteiger partial charge is 0.490 e. The molecule has 0 unspecified atom stereocenters. The number of carbonyl (C=O) groups is 1. The molecule has 1 rings (SSSR count). The Morgan fingerprint density at radius 2 is 2.29 bits per heavy atom. The van der Waals surface area contributed by atoms with Crippen LogP contribution >= 0.6 is 11.6 Å². The molecule has 17 heavy (non-hydrogen) atoms. The normalized spacial score (nSPS) is 10.5. The van der Waals surface area contributed by atoms with E-state index in [0.717, 1.165) is 0 Å². The summed E-state index contributed by atoms with van der Waals surface area (Å²) in [5.41, 5.74) is 0.664. The zero-order valence-electron chi connectivity index (χ0n) is 9.57. The lowest BCUT2D eigenvalue weighted by atomic mass is 10.2. The number of benzene rings is 1. The van der Waals surface area contributed by atoms with Gasteiger partial charge in [-0.25, -0.2) is 0 Å². The van der Waals surface area contributed by atoms with Crippen LogP contribution in [0.2, 0.25) is 5.02 Å². The third kappa shape index (κ3) is 3.64. The quantitative estimate of drug-likeness (QED) is 0.294. The summed E-state index contributed by atoms with van der Waals surface area (Å²) in [6.07, 6.45) is 1.42. The van der Waals surface area contributed by atoms with Crippen molar-refractivity contribution in [2.45, 2.75) is 13.8 Å². The van der Waals surface area contributed by atoms with Crippen LogP contribution in [0.15, 0.2) is 17.2 Å². The number of nitrogens with zero attached hydrogens (tertiary/aromatic N) is 1. The highest BCUT2D eigenvalue weighted by Crippen LogP contribution is 2.36. The molecule has 0 atom stereocenters. The Morgan fingerprint density at radius 1 is 1.59 bits per heavy atom. The number of nitrogens with two attached hydrogens (primary N) is 1. The third-order valence-corrected chi connectivity index (χ3v) is 2.08. The molecule has 0 bridgehead atoms. The number of rotatable bonds is 4. The average Bonchev–Trinajstić information content (AvgIpc) is 2.23. The number of hydrazone groups is 1. The van der Waals surface area contributed by atoms with E-state index < -0.39 is 5.97 Å². The highest BCUT2D eigenvalue weighted by atomic mass is 35.5. The highest BCUT2D eigenvalue weighted by Gasteiger charge is 2.13. The number of halogens is 1. The minimum absolute atomic E-state index is 0.204. The Kier molecular flexibility index (Phi) is 4.78. The van der Waals surface area contributed by atoms with Crippen LogP contribution in [0.1, 0.15) is 19.4 Å². The van der Waals surface area contributed by atoms with Gasteiger partial charge in [0, 0.05) is 6.92 Å². The molecule has 5 nitrogen and oxygen atoms in total. The molecule has 0 aliphatic rings. The Bertz CT molecular complexity index is 447. The molecule has 0 aliphatic heterocycles. The Balaban J connectivity index is 3.21. The van der Waals surface area contributed by atoms with Crippen molar-refractivity contribution in [2.75, 3.05) is 6.61 Å². The molecule has 2 N–H and O–H groups in total. The van der Waals surface area contributed by atoms with Crippen LogP contribution in [0.3, 0.4) is 0 Å². The fraction of sp³-hybridized carbons (Fsp3) is 0.273. The van der Waals surface area contributed by atoms with Crippen molar-refractivity contribution in [2.24, 2.45) is 10.9 Å². The van der Waals surface area contributed by atoms with Gasteiger partial charge < -0.3 is 15.3 Å². The number of carbonyl (C=O) groups excluding carboxylic acids is 1. The lowest BCUT2D eigenvalue weighted by Crippen LogP contribution is -2.05. The summed E-state index contributed by atoms with van der Waals surface area (Å²) >= 11 is 5.99. The molecule has 0 amide bonds. The first-order valence-electron chi connectivity index (χ1n) is 4.96. The van der Waals surface area contributed by atoms with Gasteiger partial charge in [-0.1, -0.05) is 11.6 Å². The Morgan fingerprint density at radius 3 is 2.82 bits per heavy atom. The van der Waals surface area contributed by atoms with Gasteiger partial charge in [0.2, 0.25) is 0 Å². The Hall–Kier alpha value is -1.75. The van der Waals surface area contributed by atoms with Gasteiger partial charge in [0.15, 0.2) is 11.5 Å². The first-order chi connectivity index (χ1) is 8.08. The standard InChI is InChI=1S/C11H13ClN2O3/c1-3-16-10-5-8(6-14-13)4-9(12)11(10)17-7(2)15/h4-6H,3,13H2,1-2H3. The predicted octanol–water partition coefficient (Wildman–Crippen LogP) is 1.96. The van der Waals surface area contributed by atoms with Gasteiger partial charge in [-0.05, 0) is 24.6 Å². The summed E-state index contributed by atoms with van der Waals surface area (Å²) in [4.78, 5) is 10.9. The van der Waals surface area contributed by atoms with E-state index in [9.17, 15) is 4.79 Å². The summed E-state index contributed by atoms with van der Waals surface area (Å²) in [6, 6.07) is 3.22. The van der Waals surface area contributed by atoms with E-state index in [0.29, 0.717) is 17.9 Å². The fourth-order valence-electron chi connectivity index (χ4n) is 1.25. The van der Waals surface area contributed by atoms with Crippen molar-refractivity contribution in [3.8, 4) is 11.5 Å². The monoisotopic (exact) mass is 256 g/mol. The molecule has 1 aromatic carbocycles. The molecule has 0 heterocycles. The molecule has 0 aliphatic carbocycles. The maximum atomic E-state index is 10.9. The molecule has 0 saturated carbocycles. The molecule has 0 radical (unpaired) electrons. The van der Waals surface area contributed by atoms with Crippen LogP contribution in [-0.2, 0) is 4.79 Å². The van der Waals surface area contributed by atoms with Crippen molar-refractivity contribution < 1.29 is 14.3 Å². The van der Waals surface area contributed by atoms with Crippen LogP contribution in [0.5, 0.6) is 11.5 Å². The third-order valence-electron chi connectivity index (χ3n) is 1.80. The van der Waals surface area contributed by atoms with Gasteiger partial charge >= 0.3 is 5.97 Å². The Labute approximate surface area is 104 Å². The summed E-state index contributed by atoms with van der Waals surface area (Å²) in [5, 5.41) is 3.66. The van der Waals surface area contributed by atoms with Gasteiger partial charge in [0.05, 0.1) is 17.8 Å². The molecular formula is C11H13ClN2O3. The lowest BCUT2D eigenvalue weighted by Gasteiger charge is -2.11. The minimum atomic E-state index is -0.465. The topological polar surface area (TPSA) is 73.9 Å². The van der Waals surface area contributed by atoms with E-state index in [4.69, 9.17) is 26.9 Å². The molecular weight excluding hydrogens is 244 g/mol. The number of esters is 1. The molecule has 92 valence electrons. The van der Waals surface area contributed by atoms with Crippen LogP contribution in [0, 0.1) is 0 Å². The van der Waals surface area contributed by atoms with E-state index >= 15 is 0 Å². The fourth-order valence-corrected chi connectivity index (χ4v) is 1.51. The number of hydrogen-bond donors (Lipinski definition) is 1. The lowest BCUT2D eigenvalue weighted by molar-refractivity contribution is -0.132. The van der Waals surface area contributed by atoms with E-state index in [1.165, 1.54) is 13.1 Å². The van der Waals surface area contributed by atoms with Crippen molar-refractivity contribution in [1.82, 2.24) is 0 Å². The molecule has 0 spiro atoms. The van der Waals surface area contributed by atoms with Crippen molar-refractivity contribution in [3.63, 3.8) is 0 Å². The number of ether oxygens (including phenoxy) is 2. The molecule has 0 aromatic heterocycles. The van der Waals surface area contributed by atoms with Crippen molar-refractivity contribution >= 4 is 23.8 Å². The molecule has 6 heteroatoms. The zero-order valence-corrected chi connectivity index (χ0v) is 10.3. The van der Waals surface area contributed by atoms with E-state index in [-0.39, 0.29) is 10.8 Å². The smallest absolute Gasteiger partial charge is 0.308 e. The van der Waals surface area contributed by atoms with Gasteiger partial charge in [0.25, 0.3) is 0 Å². The maximum Gasteiger partial charge on any atom is 0.308 e. The SMILES string of the molecule is CCOc1cc(C=NN)cc(Cl)c1OC(C)=O. The molecule has 0 saturated heterocycles. The first kappa shape index (κ1) is 13.3. The summed E-state index contributed by atoms with van der Waals surface area (Å²) in [5.74, 6) is 5.17. The molecule has 0 fully saturated rings. The first-order valence-corrected chi connectivity index (χ1v) is 5.34.